The lowest BCUT2D eigenvalue weighted by Crippen LogP contribution is -2.54. The van der Waals surface area contributed by atoms with Crippen LogP contribution in [0.25, 0.3) is 0 Å². The van der Waals surface area contributed by atoms with Gasteiger partial charge in [0, 0.05) is 23.7 Å². The van der Waals surface area contributed by atoms with Crippen LogP contribution in [0, 0.1) is 17.0 Å². The molecule has 27 heavy (non-hydrogen) atoms. The third-order valence-electron chi connectivity index (χ3n) is 4.57. The summed E-state index contributed by atoms with van der Waals surface area (Å²) in [6, 6.07) is 4.30. The number of hydrogen-bond acceptors (Lipinski definition) is 5. The number of alkyl carbamates (subject to hydrolysis) is 1. The van der Waals surface area contributed by atoms with Crippen molar-refractivity contribution in [2.24, 2.45) is 0 Å². The molecule has 2 rings (SSSR count). The maximum atomic E-state index is 12.7. The summed E-state index contributed by atoms with van der Waals surface area (Å²) in [6.45, 7) is 7.24. The van der Waals surface area contributed by atoms with E-state index >= 15 is 0 Å². The van der Waals surface area contributed by atoms with E-state index in [-0.39, 0.29) is 18.1 Å². The number of nitrogens with one attached hydrogen (secondary N) is 2. The van der Waals surface area contributed by atoms with Crippen LogP contribution in [0.4, 0.5) is 10.5 Å². The van der Waals surface area contributed by atoms with Gasteiger partial charge in [-0.05, 0) is 52.7 Å². The van der Waals surface area contributed by atoms with Crippen LogP contribution in [0.3, 0.4) is 0 Å². The van der Waals surface area contributed by atoms with E-state index in [1.807, 2.05) is 0 Å². The Morgan fingerprint density at radius 2 is 1.89 bits per heavy atom. The predicted molar refractivity (Wildman–Crippen MR) is 101 cm³/mol. The van der Waals surface area contributed by atoms with Gasteiger partial charge in [0.25, 0.3) is 11.6 Å². The van der Waals surface area contributed by atoms with E-state index < -0.39 is 22.2 Å². The summed E-state index contributed by atoms with van der Waals surface area (Å²) in [4.78, 5) is 35.1. The summed E-state index contributed by atoms with van der Waals surface area (Å²) >= 11 is 0. The zero-order valence-corrected chi connectivity index (χ0v) is 16.3. The number of carbonyl (C=O) groups excluding carboxylic acids is 2. The molecule has 0 spiro atoms. The summed E-state index contributed by atoms with van der Waals surface area (Å²) < 4.78 is 5.26. The highest BCUT2D eigenvalue weighted by atomic mass is 16.6. The van der Waals surface area contributed by atoms with E-state index in [4.69, 9.17) is 4.74 Å². The molecule has 2 N–H and O–H groups in total. The summed E-state index contributed by atoms with van der Waals surface area (Å²) in [5, 5.41) is 16.7. The van der Waals surface area contributed by atoms with E-state index in [1.165, 1.54) is 18.2 Å². The first-order valence-electron chi connectivity index (χ1n) is 9.06. The van der Waals surface area contributed by atoms with Gasteiger partial charge in [-0.15, -0.1) is 0 Å². The highest BCUT2D eigenvalue weighted by Crippen LogP contribution is 2.30. The number of rotatable bonds is 5. The number of carbonyl (C=O) groups is 2. The lowest BCUT2D eigenvalue weighted by Gasteiger charge is -2.31. The molecule has 1 fully saturated rings. The molecule has 148 valence electrons. The maximum absolute atomic E-state index is 12.7. The third-order valence-corrected chi connectivity index (χ3v) is 4.57. The Morgan fingerprint density at radius 3 is 2.41 bits per heavy atom. The summed E-state index contributed by atoms with van der Waals surface area (Å²) in [6.07, 6.45) is 2.89. The monoisotopic (exact) mass is 377 g/mol. The average Bonchev–Trinajstić information content (AvgIpc) is 2.99. The molecule has 0 heterocycles. The van der Waals surface area contributed by atoms with Crippen molar-refractivity contribution in [2.45, 2.75) is 64.5 Å². The first-order chi connectivity index (χ1) is 12.5. The molecule has 1 aliphatic carbocycles. The summed E-state index contributed by atoms with van der Waals surface area (Å²) in [7, 11) is 0. The number of amides is 2. The fourth-order valence-electron chi connectivity index (χ4n) is 3.27. The molecule has 0 saturated heterocycles. The zero-order chi connectivity index (χ0) is 20.2. The second-order valence-corrected chi connectivity index (χ2v) is 8.06. The predicted octanol–water partition coefficient (Wildman–Crippen LogP) is 3.47. The molecule has 1 aliphatic rings. The van der Waals surface area contributed by atoms with E-state index in [2.05, 4.69) is 10.6 Å². The van der Waals surface area contributed by atoms with E-state index in [0.29, 0.717) is 11.1 Å². The molecule has 1 saturated carbocycles. The van der Waals surface area contributed by atoms with Crippen molar-refractivity contribution in [3.8, 4) is 0 Å². The minimum Gasteiger partial charge on any atom is -0.444 e. The van der Waals surface area contributed by atoms with Crippen LogP contribution in [-0.4, -0.2) is 34.6 Å². The molecule has 2 amide bonds. The molecular formula is C19H27N3O5. The van der Waals surface area contributed by atoms with Crippen LogP contribution >= 0.6 is 0 Å². The molecule has 0 aliphatic heterocycles. The smallest absolute Gasteiger partial charge is 0.407 e. The van der Waals surface area contributed by atoms with Crippen LogP contribution in [0.15, 0.2) is 18.2 Å². The van der Waals surface area contributed by atoms with Gasteiger partial charge in [0.15, 0.2) is 0 Å². The van der Waals surface area contributed by atoms with Crippen molar-refractivity contribution in [1.29, 1.82) is 0 Å². The molecule has 8 heteroatoms. The van der Waals surface area contributed by atoms with E-state index in [1.54, 1.807) is 27.7 Å². The lowest BCUT2D eigenvalue weighted by atomic mass is 9.96. The minimum absolute atomic E-state index is 0.0197. The first-order valence-corrected chi connectivity index (χ1v) is 9.06. The fraction of sp³-hybridized carbons (Fsp3) is 0.579. The Bertz CT molecular complexity index is 733. The van der Waals surface area contributed by atoms with Crippen LogP contribution < -0.4 is 10.6 Å². The van der Waals surface area contributed by atoms with Gasteiger partial charge in [-0.25, -0.2) is 4.79 Å². The first kappa shape index (κ1) is 20.7. The van der Waals surface area contributed by atoms with Crippen LogP contribution in [0.1, 0.15) is 62.4 Å². The molecule has 1 aromatic carbocycles. The number of ether oxygens (including phenoxy) is 1. The average molecular weight is 377 g/mol. The second-order valence-electron chi connectivity index (χ2n) is 8.06. The number of nitro groups is 1. The number of hydrogen-bond donors (Lipinski definition) is 2. The van der Waals surface area contributed by atoms with Gasteiger partial charge >= 0.3 is 6.09 Å². The Labute approximate surface area is 158 Å². The minimum atomic E-state index is -0.591. The van der Waals surface area contributed by atoms with Crippen molar-refractivity contribution in [3.63, 3.8) is 0 Å². The van der Waals surface area contributed by atoms with Crippen molar-refractivity contribution in [1.82, 2.24) is 10.6 Å². The maximum Gasteiger partial charge on any atom is 0.407 e. The van der Waals surface area contributed by atoms with Gasteiger partial charge in [-0.2, -0.15) is 0 Å². The highest BCUT2D eigenvalue weighted by molar-refractivity contribution is 5.95. The molecule has 0 unspecified atom stereocenters. The number of nitrogens with zero attached hydrogens (tertiary/aromatic N) is 1. The molecule has 0 bridgehead atoms. The molecule has 8 nitrogen and oxygen atoms in total. The third kappa shape index (κ3) is 5.67. The lowest BCUT2D eigenvalue weighted by molar-refractivity contribution is -0.385. The molecular weight excluding hydrogens is 350 g/mol. The topological polar surface area (TPSA) is 111 Å². The number of aryl methyl sites for hydroxylation is 1. The quantitative estimate of drug-likeness (QED) is 0.603. The Kier molecular flexibility index (Phi) is 6.08. The summed E-state index contributed by atoms with van der Waals surface area (Å²) in [5.74, 6) is -0.305. The highest BCUT2D eigenvalue weighted by Gasteiger charge is 2.36. The molecule has 0 atom stereocenters. The second kappa shape index (κ2) is 7.94. The van der Waals surface area contributed by atoms with Crippen molar-refractivity contribution in [3.05, 3.63) is 39.4 Å². The van der Waals surface area contributed by atoms with Crippen molar-refractivity contribution < 1.29 is 19.2 Å². The van der Waals surface area contributed by atoms with Crippen LogP contribution in [0.2, 0.25) is 0 Å². The van der Waals surface area contributed by atoms with Crippen LogP contribution in [0.5, 0.6) is 0 Å². The van der Waals surface area contributed by atoms with Gasteiger partial charge < -0.3 is 15.4 Å². The fourth-order valence-corrected chi connectivity index (χ4v) is 3.27. The largest absolute Gasteiger partial charge is 0.444 e. The normalized spacial score (nSPS) is 15.9. The Balaban J connectivity index is 2.06. The standard InChI is InChI=1S/C19H27N3O5/c1-13-11-14(7-8-15(13)22(25)26)16(23)21-19(9-5-6-10-19)12-20-17(24)27-18(2,3)4/h7-8,11H,5-6,9-10,12H2,1-4H3,(H,20,24)(H,21,23). The SMILES string of the molecule is Cc1cc(C(=O)NC2(CNC(=O)OC(C)(C)C)CCCC2)ccc1[N+](=O)[O-]. The van der Waals surface area contributed by atoms with Gasteiger partial charge in [0.1, 0.15) is 5.60 Å². The Morgan fingerprint density at radius 1 is 1.26 bits per heavy atom. The molecule has 0 radical (unpaired) electrons. The number of nitro benzene ring substituents is 1. The van der Waals surface area contributed by atoms with Gasteiger partial charge in [-0.3, -0.25) is 14.9 Å². The Hall–Kier alpha value is -2.64. The van der Waals surface area contributed by atoms with Gasteiger partial charge in [0.05, 0.1) is 10.5 Å². The van der Waals surface area contributed by atoms with E-state index in [0.717, 1.165) is 25.7 Å². The molecule has 1 aromatic rings. The number of benzene rings is 1. The van der Waals surface area contributed by atoms with Gasteiger partial charge in [-0.1, -0.05) is 12.8 Å². The van der Waals surface area contributed by atoms with Gasteiger partial charge in [0.2, 0.25) is 0 Å². The van der Waals surface area contributed by atoms with E-state index in [9.17, 15) is 19.7 Å². The van der Waals surface area contributed by atoms with Crippen LogP contribution in [-0.2, 0) is 4.74 Å². The van der Waals surface area contributed by atoms with Crippen molar-refractivity contribution >= 4 is 17.7 Å². The summed E-state index contributed by atoms with van der Waals surface area (Å²) in [5.41, 5.74) is -0.355. The van der Waals surface area contributed by atoms with Crippen molar-refractivity contribution in [2.75, 3.05) is 6.54 Å². The zero-order valence-electron chi connectivity index (χ0n) is 16.3. The molecule has 0 aromatic heterocycles.